The van der Waals surface area contributed by atoms with Crippen molar-refractivity contribution in [3.05, 3.63) is 65.0 Å². The SMILES string of the molecule is Cc1cc(CC(N)CN)cnc1Cc1ccccc1. The third-order valence-corrected chi connectivity index (χ3v) is 3.26. The van der Waals surface area contributed by atoms with E-state index in [1.165, 1.54) is 11.1 Å². The molecule has 0 saturated heterocycles. The zero-order chi connectivity index (χ0) is 13.7. The van der Waals surface area contributed by atoms with Gasteiger partial charge in [0, 0.05) is 30.9 Å². The molecule has 1 aromatic heterocycles. The van der Waals surface area contributed by atoms with E-state index in [9.17, 15) is 0 Å². The number of rotatable bonds is 5. The van der Waals surface area contributed by atoms with Crippen LogP contribution in [0.3, 0.4) is 0 Å². The van der Waals surface area contributed by atoms with Crippen LogP contribution in [0.1, 0.15) is 22.4 Å². The average molecular weight is 255 g/mol. The second kappa shape index (κ2) is 6.45. The Kier molecular flexibility index (Phi) is 4.66. The normalized spacial score (nSPS) is 12.4. The van der Waals surface area contributed by atoms with E-state index in [0.717, 1.165) is 24.1 Å². The van der Waals surface area contributed by atoms with Crippen molar-refractivity contribution in [3.8, 4) is 0 Å². The van der Waals surface area contributed by atoms with Crippen molar-refractivity contribution < 1.29 is 0 Å². The van der Waals surface area contributed by atoms with Crippen molar-refractivity contribution in [2.24, 2.45) is 11.5 Å². The van der Waals surface area contributed by atoms with Gasteiger partial charge in [-0.05, 0) is 30.0 Å². The molecule has 0 aliphatic rings. The third-order valence-electron chi connectivity index (χ3n) is 3.26. The van der Waals surface area contributed by atoms with Gasteiger partial charge in [-0.1, -0.05) is 36.4 Å². The predicted octanol–water partition coefficient (Wildman–Crippen LogP) is 1.81. The van der Waals surface area contributed by atoms with Crippen molar-refractivity contribution in [1.82, 2.24) is 4.98 Å². The average Bonchev–Trinajstić information content (AvgIpc) is 2.43. The molecular weight excluding hydrogens is 234 g/mol. The summed E-state index contributed by atoms with van der Waals surface area (Å²) >= 11 is 0. The van der Waals surface area contributed by atoms with E-state index in [0.29, 0.717) is 6.54 Å². The summed E-state index contributed by atoms with van der Waals surface area (Å²) in [6.07, 6.45) is 3.58. The van der Waals surface area contributed by atoms with E-state index in [1.807, 2.05) is 12.3 Å². The molecule has 1 atom stereocenters. The molecule has 1 aromatic carbocycles. The molecule has 0 radical (unpaired) electrons. The number of benzene rings is 1. The quantitative estimate of drug-likeness (QED) is 0.856. The summed E-state index contributed by atoms with van der Waals surface area (Å²) in [5, 5.41) is 0. The summed E-state index contributed by atoms with van der Waals surface area (Å²) in [7, 11) is 0. The standard InChI is InChI=1S/C16H21N3/c1-12-7-14(8-15(18)10-17)11-19-16(12)9-13-5-3-2-4-6-13/h2-7,11,15H,8-10,17-18H2,1H3. The fourth-order valence-corrected chi connectivity index (χ4v) is 2.13. The van der Waals surface area contributed by atoms with Crippen LogP contribution in [-0.4, -0.2) is 17.6 Å². The molecule has 0 amide bonds. The lowest BCUT2D eigenvalue weighted by Crippen LogP contribution is -2.31. The molecular formula is C16H21N3. The van der Waals surface area contributed by atoms with Crippen molar-refractivity contribution in [1.29, 1.82) is 0 Å². The van der Waals surface area contributed by atoms with Crippen LogP contribution in [0.5, 0.6) is 0 Å². The summed E-state index contributed by atoms with van der Waals surface area (Å²) in [6.45, 7) is 2.60. The minimum atomic E-state index is 0.0150. The molecule has 3 heteroatoms. The zero-order valence-electron chi connectivity index (χ0n) is 11.3. The van der Waals surface area contributed by atoms with Gasteiger partial charge >= 0.3 is 0 Å². The van der Waals surface area contributed by atoms with Crippen LogP contribution < -0.4 is 11.5 Å². The first-order valence-corrected chi connectivity index (χ1v) is 6.63. The fourth-order valence-electron chi connectivity index (χ4n) is 2.13. The number of nitrogens with two attached hydrogens (primary N) is 2. The number of nitrogens with zero attached hydrogens (tertiary/aromatic N) is 1. The van der Waals surface area contributed by atoms with Crippen molar-refractivity contribution in [2.45, 2.75) is 25.8 Å². The molecule has 4 N–H and O–H groups in total. The molecule has 2 aromatic rings. The molecule has 0 saturated carbocycles. The fraction of sp³-hybridized carbons (Fsp3) is 0.312. The van der Waals surface area contributed by atoms with Crippen LogP contribution in [0.2, 0.25) is 0 Å². The number of aryl methyl sites for hydroxylation is 1. The molecule has 100 valence electrons. The lowest BCUT2D eigenvalue weighted by molar-refractivity contribution is 0.676. The van der Waals surface area contributed by atoms with Crippen LogP contribution in [-0.2, 0) is 12.8 Å². The summed E-state index contributed by atoms with van der Waals surface area (Å²) < 4.78 is 0. The highest BCUT2D eigenvalue weighted by atomic mass is 14.7. The highest BCUT2D eigenvalue weighted by molar-refractivity contribution is 5.29. The highest BCUT2D eigenvalue weighted by Gasteiger charge is 2.06. The van der Waals surface area contributed by atoms with Crippen LogP contribution in [0, 0.1) is 6.92 Å². The highest BCUT2D eigenvalue weighted by Crippen LogP contribution is 2.13. The minimum Gasteiger partial charge on any atom is -0.329 e. The summed E-state index contributed by atoms with van der Waals surface area (Å²) in [4.78, 5) is 4.56. The van der Waals surface area contributed by atoms with Gasteiger partial charge in [0.15, 0.2) is 0 Å². The van der Waals surface area contributed by atoms with Gasteiger partial charge in [-0.3, -0.25) is 4.98 Å². The summed E-state index contributed by atoms with van der Waals surface area (Å²) in [6, 6.07) is 12.6. The Morgan fingerprint density at radius 3 is 2.53 bits per heavy atom. The van der Waals surface area contributed by atoms with Gasteiger partial charge in [0.1, 0.15) is 0 Å². The molecule has 3 nitrogen and oxygen atoms in total. The van der Waals surface area contributed by atoms with Crippen molar-refractivity contribution in [2.75, 3.05) is 6.54 Å². The van der Waals surface area contributed by atoms with Gasteiger partial charge in [0.25, 0.3) is 0 Å². The first-order valence-electron chi connectivity index (χ1n) is 6.63. The molecule has 1 unspecified atom stereocenters. The molecule has 1 heterocycles. The monoisotopic (exact) mass is 255 g/mol. The largest absolute Gasteiger partial charge is 0.329 e. The number of aromatic nitrogens is 1. The molecule has 0 aliphatic carbocycles. The maximum Gasteiger partial charge on any atom is 0.0476 e. The lowest BCUT2D eigenvalue weighted by atomic mass is 10.0. The number of pyridine rings is 1. The third kappa shape index (κ3) is 3.88. The first kappa shape index (κ1) is 13.7. The topological polar surface area (TPSA) is 64.9 Å². The lowest BCUT2D eigenvalue weighted by Gasteiger charge is -2.11. The van der Waals surface area contributed by atoms with E-state index >= 15 is 0 Å². The van der Waals surface area contributed by atoms with Gasteiger partial charge in [-0.25, -0.2) is 0 Å². The van der Waals surface area contributed by atoms with E-state index < -0.39 is 0 Å². The van der Waals surface area contributed by atoms with Crippen LogP contribution in [0.4, 0.5) is 0 Å². The Bertz CT molecular complexity index is 523. The van der Waals surface area contributed by atoms with Crippen LogP contribution >= 0.6 is 0 Å². The first-order chi connectivity index (χ1) is 9.19. The molecule has 0 bridgehead atoms. The van der Waals surface area contributed by atoms with E-state index in [2.05, 4.69) is 42.2 Å². The van der Waals surface area contributed by atoms with E-state index in [4.69, 9.17) is 11.5 Å². The molecule has 19 heavy (non-hydrogen) atoms. The molecule has 0 fully saturated rings. The maximum atomic E-state index is 5.86. The Balaban J connectivity index is 2.11. The van der Waals surface area contributed by atoms with Gasteiger partial charge < -0.3 is 11.5 Å². The Morgan fingerprint density at radius 2 is 1.89 bits per heavy atom. The van der Waals surface area contributed by atoms with Gasteiger partial charge in [-0.2, -0.15) is 0 Å². The Morgan fingerprint density at radius 1 is 1.16 bits per heavy atom. The predicted molar refractivity (Wildman–Crippen MR) is 79.0 cm³/mol. The number of hydrogen-bond donors (Lipinski definition) is 2. The summed E-state index contributed by atoms with van der Waals surface area (Å²) in [5.74, 6) is 0. The van der Waals surface area contributed by atoms with E-state index in [-0.39, 0.29) is 6.04 Å². The summed E-state index contributed by atoms with van der Waals surface area (Å²) in [5.41, 5.74) is 16.2. The van der Waals surface area contributed by atoms with Gasteiger partial charge in [0.05, 0.1) is 0 Å². The smallest absolute Gasteiger partial charge is 0.0476 e. The van der Waals surface area contributed by atoms with E-state index in [1.54, 1.807) is 0 Å². The molecule has 0 spiro atoms. The van der Waals surface area contributed by atoms with Gasteiger partial charge in [0.2, 0.25) is 0 Å². The van der Waals surface area contributed by atoms with Crippen molar-refractivity contribution >= 4 is 0 Å². The second-order valence-corrected chi connectivity index (χ2v) is 4.97. The minimum absolute atomic E-state index is 0.0150. The maximum absolute atomic E-state index is 5.86. The van der Waals surface area contributed by atoms with Crippen molar-refractivity contribution in [3.63, 3.8) is 0 Å². The Labute approximate surface area is 114 Å². The van der Waals surface area contributed by atoms with Gasteiger partial charge in [-0.15, -0.1) is 0 Å². The second-order valence-electron chi connectivity index (χ2n) is 4.97. The Hall–Kier alpha value is -1.71. The molecule has 2 rings (SSSR count). The molecule has 0 aliphatic heterocycles. The van der Waals surface area contributed by atoms with Crippen LogP contribution in [0.25, 0.3) is 0 Å². The number of hydrogen-bond acceptors (Lipinski definition) is 3. The zero-order valence-corrected chi connectivity index (χ0v) is 11.3. The van der Waals surface area contributed by atoms with Crippen LogP contribution in [0.15, 0.2) is 42.6 Å².